The largest absolute Gasteiger partial charge is 0.393 e. The molecule has 0 radical (unpaired) electrons. The van der Waals surface area contributed by atoms with E-state index in [1.54, 1.807) is 11.8 Å². The Labute approximate surface area is 139 Å². The van der Waals surface area contributed by atoms with Crippen molar-refractivity contribution >= 4 is 23.4 Å². The Balaban J connectivity index is 2.03. The minimum absolute atomic E-state index is 0.0264. The Morgan fingerprint density at radius 2 is 2.00 bits per heavy atom. The molecule has 5 nitrogen and oxygen atoms in total. The Bertz CT molecular complexity index is 616. The van der Waals surface area contributed by atoms with Gasteiger partial charge in [0.25, 0.3) is 5.91 Å². The van der Waals surface area contributed by atoms with Crippen molar-refractivity contribution in [2.24, 2.45) is 0 Å². The normalized spacial score (nSPS) is 15.6. The van der Waals surface area contributed by atoms with E-state index in [0.717, 1.165) is 6.07 Å². The average Bonchev–Trinajstić information content (AvgIpc) is 2.50. The van der Waals surface area contributed by atoms with Crippen molar-refractivity contribution < 1.29 is 19.1 Å². The van der Waals surface area contributed by atoms with Crippen molar-refractivity contribution in [1.29, 1.82) is 0 Å². The van der Waals surface area contributed by atoms with Gasteiger partial charge in [0.1, 0.15) is 5.82 Å². The van der Waals surface area contributed by atoms with Gasteiger partial charge in [0.05, 0.1) is 23.2 Å². The van der Waals surface area contributed by atoms with E-state index in [-0.39, 0.29) is 29.1 Å². The zero-order valence-electron chi connectivity index (χ0n) is 13.2. The molecule has 2 rings (SSSR count). The standard InChI is InChI=1S/C16H20ClFN2O3/c1-10-7-12(13(17)8-14(10)18)16(23)19(2)9-15(22)20-5-3-11(21)4-6-20/h7-8,11,21H,3-6,9H2,1-2H3. The second-order valence-corrected chi connectivity index (χ2v) is 6.26. The summed E-state index contributed by atoms with van der Waals surface area (Å²) in [5.41, 5.74) is 0.498. The molecule has 1 heterocycles. The second kappa shape index (κ2) is 7.27. The number of rotatable bonds is 3. The van der Waals surface area contributed by atoms with Gasteiger partial charge >= 0.3 is 0 Å². The van der Waals surface area contributed by atoms with E-state index in [1.165, 1.54) is 18.0 Å². The van der Waals surface area contributed by atoms with Crippen LogP contribution < -0.4 is 0 Å². The topological polar surface area (TPSA) is 60.9 Å². The number of piperidine rings is 1. The van der Waals surface area contributed by atoms with Gasteiger partial charge in [-0.05, 0) is 37.5 Å². The lowest BCUT2D eigenvalue weighted by atomic mass is 10.1. The SMILES string of the molecule is Cc1cc(C(=O)N(C)CC(=O)N2CCC(O)CC2)c(Cl)cc1F. The molecule has 0 aliphatic carbocycles. The number of likely N-dealkylation sites (N-methyl/N-ethyl adjacent to an activating group) is 1. The fourth-order valence-electron chi connectivity index (χ4n) is 2.52. The lowest BCUT2D eigenvalue weighted by Gasteiger charge is -2.31. The fraction of sp³-hybridized carbons (Fsp3) is 0.500. The first-order valence-corrected chi connectivity index (χ1v) is 7.84. The number of hydrogen-bond acceptors (Lipinski definition) is 3. The van der Waals surface area contributed by atoms with Gasteiger partial charge in [-0.3, -0.25) is 9.59 Å². The van der Waals surface area contributed by atoms with Gasteiger partial charge in [0, 0.05) is 20.1 Å². The molecule has 2 amide bonds. The molecule has 1 aromatic carbocycles. The molecule has 23 heavy (non-hydrogen) atoms. The molecule has 1 N–H and O–H groups in total. The Morgan fingerprint density at radius 3 is 2.61 bits per heavy atom. The van der Waals surface area contributed by atoms with Gasteiger partial charge in [-0.1, -0.05) is 11.6 Å². The Morgan fingerprint density at radius 1 is 1.39 bits per heavy atom. The number of hydrogen-bond donors (Lipinski definition) is 1. The molecule has 0 atom stereocenters. The van der Waals surface area contributed by atoms with E-state index >= 15 is 0 Å². The van der Waals surface area contributed by atoms with E-state index < -0.39 is 11.7 Å². The van der Waals surface area contributed by atoms with Crippen molar-refractivity contribution in [1.82, 2.24) is 9.80 Å². The van der Waals surface area contributed by atoms with Crippen molar-refractivity contribution in [2.45, 2.75) is 25.9 Å². The van der Waals surface area contributed by atoms with E-state index in [9.17, 15) is 19.1 Å². The number of aliphatic hydroxyl groups excluding tert-OH is 1. The number of likely N-dealkylation sites (tertiary alicyclic amines) is 1. The third kappa shape index (κ3) is 4.20. The number of nitrogens with zero attached hydrogens (tertiary/aromatic N) is 2. The molecule has 0 saturated carbocycles. The summed E-state index contributed by atoms with van der Waals surface area (Å²) in [5, 5.41) is 9.49. The zero-order chi connectivity index (χ0) is 17.1. The minimum Gasteiger partial charge on any atom is -0.393 e. The first kappa shape index (κ1) is 17.7. The summed E-state index contributed by atoms with van der Waals surface area (Å²) in [6, 6.07) is 2.49. The predicted molar refractivity (Wildman–Crippen MR) is 84.9 cm³/mol. The maximum atomic E-state index is 13.4. The van der Waals surface area contributed by atoms with E-state index in [4.69, 9.17) is 11.6 Å². The zero-order valence-corrected chi connectivity index (χ0v) is 13.9. The monoisotopic (exact) mass is 342 g/mol. The molecule has 1 aromatic rings. The number of carbonyl (C=O) groups is 2. The fourth-order valence-corrected chi connectivity index (χ4v) is 2.75. The van der Waals surface area contributed by atoms with E-state index in [1.807, 2.05) is 0 Å². The summed E-state index contributed by atoms with van der Waals surface area (Å²) in [7, 11) is 1.51. The highest BCUT2D eigenvalue weighted by molar-refractivity contribution is 6.33. The summed E-state index contributed by atoms with van der Waals surface area (Å²) < 4.78 is 13.4. The Kier molecular flexibility index (Phi) is 5.59. The predicted octanol–water partition coefficient (Wildman–Crippen LogP) is 1.84. The van der Waals surface area contributed by atoms with E-state index in [0.29, 0.717) is 31.5 Å². The molecular formula is C16H20ClFN2O3. The van der Waals surface area contributed by atoms with Crippen LogP contribution in [0.2, 0.25) is 5.02 Å². The summed E-state index contributed by atoms with van der Waals surface area (Å²) in [6.07, 6.45) is 0.734. The minimum atomic E-state index is -0.475. The van der Waals surface area contributed by atoms with Crippen molar-refractivity contribution in [3.8, 4) is 0 Å². The highest BCUT2D eigenvalue weighted by Crippen LogP contribution is 2.22. The molecule has 0 aromatic heterocycles. The molecule has 126 valence electrons. The van der Waals surface area contributed by atoms with Gasteiger partial charge in [0.15, 0.2) is 0 Å². The van der Waals surface area contributed by atoms with Gasteiger partial charge < -0.3 is 14.9 Å². The smallest absolute Gasteiger partial charge is 0.255 e. The van der Waals surface area contributed by atoms with Crippen molar-refractivity contribution in [3.05, 3.63) is 34.1 Å². The summed E-state index contributed by atoms with van der Waals surface area (Å²) in [5.74, 6) is -1.08. The highest BCUT2D eigenvalue weighted by atomic mass is 35.5. The van der Waals surface area contributed by atoms with Crippen LogP contribution in [-0.2, 0) is 4.79 Å². The molecule has 1 fully saturated rings. The highest BCUT2D eigenvalue weighted by Gasteiger charge is 2.24. The maximum absolute atomic E-state index is 13.4. The van der Waals surface area contributed by atoms with Crippen LogP contribution in [0.1, 0.15) is 28.8 Å². The molecule has 1 aliphatic heterocycles. The molecule has 0 spiro atoms. The second-order valence-electron chi connectivity index (χ2n) is 5.85. The summed E-state index contributed by atoms with van der Waals surface area (Å²) >= 11 is 5.93. The first-order valence-electron chi connectivity index (χ1n) is 7.46. The van der Waals surface area contributed by atoms with Crippen LogP contribution in [0.15, 0.2) is 12.1 Å². The van der Waals surface area contributed by atoms with Crippen LogP contribution in [0.4, 0.5) is 4.39 Å². The summed E-state index contributed by atoms with van der Waals surface area (Å²) in [4.78, 5) is 27.5. The van der Waals surface area contributed by atoms with Crippen LogP contribution in [0.5, 0.6) is 0 Å². The number of aliphatic hydroxyl groups is 1. The molecule has 0 unspecified atom stereocenters. The lowest BCUT2D eigenvalue weighted by Crippen LogP contribution is -2.45. The van der Waals surface area contributed by atoms with Crippen LogP contribution >= 0.6 is 11.6 Å². The van der Waals surface area contributed by atoms with Crippen molar-refractivity contribution in [3.63, 3.8) is 0 Å². The molecule has 0 bridgehead atoms. The number of carbonyl (C=O) groups excluding carboxylic acids is 2. The van der Waals surface area contributed by atoms with E-state index in [2.05, 4.69) is 0 Å². The third-order valence-electron chi connectivity index (χ3n) is 4.02. The molecule has 1 aliphatic rings. The van der Waals surface area contributed by atoms with Gasteiger partial charge in [-0.25, -0.2) is 4.39 Å². The van der Waals surface area contributed by atoms with Crippen LogP contribution in [0, 0.1) is 12.7 Å². The van der Waals surface area contributed by atoms with Gasteiger partial charge in [-0.2, -0.15) is 0 Å². The van der Waals surface area contributed by atoms with Crippen LogP contribution in [0.25, 0.3) is 0 Å². The molecular weight excluding hydrogens is 323 g/mol. The average molecular weight is 343 g/mol. The maximum Gasteiger partial charge on any atom is 0.255 e. The van der Waals surface area contributed by atoms with Gasteiger partial charge in [-0.15, -0.1) is 0 Å². The number of halogens is 2. The number of benzene rings is 1. The summed E-state index contributed by atoms with van der Waals surface area (Å²) in [6.45, 7) is 2.44. The molecule has 1 saturated heterocycles. The first-order chi connectivity index (χ1) is 10.8. The third-order valence-corrected chi connectivity index (χ3v) is 4.33. The lowest BCUT2D eigenvalue weighted by molar-refractivity contribution is -0.133. The number of aryl methyl sites for hydroxylation is 1. The molecule has 7 heteroatoms. The van der Waals surface area contributed by atoms with Crippen LogP contribution in [0.3, 0.4) is 0 Å². The van der Waals surface area contributed by atoms with Crippen LogP contribution in [-0.4, -0.2) is 59.5 Å². The van der Waals surface area contributed by atoms with Crippen molar-refractivity contribution in [2.75, 3.05) is 26.7 Å². The quantitative estimate of drug-likeness (QED) is 0.911. The number of amides is 2. The van der Waals surface area contributed by atoms with Gasteiger partial charge in [0.2, 0.25) is 5.91 Å². The Hall–Kier alpha value is -1.66.